The van der Waals surface area contributed by atoms with Gasteiger partial charge in [-0.2, -0.15) is 18.9 Å². The summed E-state index contributed by atoms with van der Waals surface area (Å²) in [5, 5.41) is 16.0. The van der Waals surface area contributed by atoms with E-state index < -0.39 is 6.61 Å². The van der Waals surface area contributed by atoms with Crippen LogP contribution in [0.4, 0.5) is 8.78 Å². The molecule has 166 valence electrons. The lowest BCUT2D eigenvalue weighted by atomic mass is 9.95. The number of aliphatic imine (C=N–C) groups is 1. The first kappa shape index (κ1) is 20.4. The molecule has 32 heavy (non-hydrogen) atoms. The van der Waals surface area contributed by atoms with Gasteiger partial charge in [-0.1, -0.05) is 12.1 Å². The highest BCUT2D eigenvalue weighted by Crippen LogP contribution is 2.28. The van der Waals surface area contributed by atoms with Crippen molar-refractivity contribution in [2.75, 3.05) is 13.1 Å². The molecule has 1 aromatic carbocycles. The molecule has 0 aliphatic carbocycles. The SMILES string of the molecule is O=C1Cc2c(-c3nnc(Cc4ccc(OC(F)F)cc4)o3)cnn2C(C2CCNCC2)=N1. The molecule has 0 radical (unpaired) electrons. The van der Waals surface area contributed by atoms with Crippen molar-refractivity contribution in [1.29, 1.82) is 0 Å². The molecule has 9 nitrogen and oxygen atoms in total. The number of nitrogens with zero attached hydrogens (tertiary/aromatic N) is 5. The Morgan fingerprint density at radius 3 is 2.72 bits per heavy atom. The topological polar surface area (TPSA) is 107 Å². The number of fused-ring (bicyclic) bond motifs is 1. The van der Waals surface area contributed by atoms with Crippen molar-refractivity contribution >= 4 is 11.7 Å². The van der Waals surface area contributed by atoms with E-state index in [1.165, 1.54) is 12.1 Å². The van der Waals surface area contributed by atoms with E-state index in [1.807, 2.05) is 0 Å². The van der Waals surface area contributed by atoms with Crippen molar-refractivity contribution in [3.8, 4) is 17.2 Å². The number of amides is 1. The molecule has 1 saturated heterocycles. The summed E-state index contributed by atoms with van der Waals surface area (Å²) < 4.78 is 36.5. The third kappa shape index (κ3) is 4.15. The van der Waals surface area contributed by atoms with Gasteiger partial charge in [-0.25, -0.2) is 4.68 Å². The van der Waals surface area contributed by atoms with Gasteiger partial charge in [0, 0.05) is 5.92 Å². The molecule has 3 aromatic rings. The van der Waals surface area contributed by atoms with Crippen molar-refractivity contribution in [1.82, 2.24) is 25.3 Å². The van der Waals surface area contributed by atoms with Gasteiger partial charge >= 0.3 is 6.61 Å². The standard InChI is InChI=1S/C21H20F2N6O3/c22-21(23)31-14-3-1-12(2-4-14)9-18-27-28-20(32-18)15-11-25-29-16(15)10-17(30)26-19(29)13-5-7-24-8-6-13/h1-4,11,13,21,24H,5-10H2. The van der Waals surface area contributed by atoms with Gasteiger partial charge in [0.1, 0.15) is 11.6 Å². The first-order valence-corrected chi connectivity index (χ1v) is 10.3. The summed E-state index contributed by atoms with van der Waals surface area (Å²) in [4.78, 5) is 16.6. The first-order valence-electron chi connectivity index (χ1n) is 10.3. The molecule has 0 atom stereocenters. The van der Waals surface area contributed by atoms with E-state index in [1.54, 1.807) is 23.0 Å². The van der Waals surface area contributed by atoms with Gasteiger partial charge in [0.05, 0.1) is 30.3 Å². The fourth-order valence-corrected chi connectivity index (χ4v) is 4.02. The maximum atomic E-state index is 12.3. The summed E-state index contributed by atoms with van der Waals surface area (Å²) >= 11 is 0. The summed E-state index contributed by atoms with van der Waals surface area (Å²) in [6.45, 7) is -1.11. The number of piperidine rings is 1. The minimum Gasteiger partial charge on any atom is -0.435 e. The van der Waals surface area contributed by atoms with Crippen LogP contribution in [-0.4, -0.2) is 51.4 Å². The predicted molar refractivity (Wildman–Crippen MR) is 109 cm³/mol. The van der Waals surface area contributed by atoms with Gasteiger partial charge in [0.2, 0.25) is 5.89 Å². The van der Waals surface area contributed by atoms with Crippen LogP contribution < -0.4 is 10.1 Å². The van der Waals surface area contributed by atoms with Crippen LogP contribution in [-0.2, 0) is 17.6 Å². The quantitative estimate of drug-likeness (QED) is 0.625. The van der Waals surface area contributed by atoms with Crippen molar-refractivity contribution in [2.24, 2.45) is 10.9 Å². The fraction of sp³-hybridized carbons (Fsp3) is 0.381. The average molecular weight is 442 g/mol. The summed E-state index contributed by atoms with van der Waals surface area (Å²) in [7, 11) is 0. The van der Waals surface area contributed by atoms with Crippen LogP contribution in [0.25, 0.3) is 11.5 Å². The van der Waals surface area contributed by atoms with Crippen molar-refractivity contribution < 1.29 is 22.7 Å². The molecule has 0 bridgehead atoms. The molecule has 2 aromatic heterocycles. The molecule has 11 heteroatoms. The van der Waals surface area contributed by atoms with Crippen molar-refractivity contribution in [3.05, 3.63) is 47.6 Å². The van der Waals surface area contributed by atoms with Crippen LogP contribution in [0.3, 0.4) is 0 Å². The summed E-state index contributed by atoms with van der Waals surface area (Å²) in [5.74, 6) is 1.35. The first-order chi connectivity index (χ1) is 15.6. The number of ether oxygens (including phenoxy) is 1. The normalized spacial score (nSPS) is 16.8. The van der Waals surface area contributed by atoms with Crippen LogP contribution >= 0.6 is 0 Å². The molecule has 1 N–H and O–H groups in total. The molecule has 2 aliphatic rings. The molecular weight excluding hydrogens is 422 g/mol. The predicted octanol–water partition coefficient (Wildman–Crippen LogP) is 2.45. The Morgan fingerprint density at radius 2 is 1.97 bits per heavy atom. The van der Waals surface area contributed by atoms with E-state index >= 15 is 0 Å². The minimum absolute atomic E-state index is 0.0809. The van der Waals surface area contributed by atoms with E-state index in [0.29, 0.717) is 29.4 Å². The summed E-state index contributed by atoms with van der Waals surface area (Å²) in [5.41, 5.74) is 2.11. The van der Waals surface area contributed by atoms with Gasteiger partial charge in [-0.05, 0) is 43.6 Å². The van der Waals surface area contributed by atoms with Crippen LogP contribution in [0.5, 0.6) is 5.75 Å². The Bertz CT molecular complexity index is 1150. The Labute approximate surface area is 181 Å². The van der Waals surface area contributed by atoms with Crippen LogP contribution in [0.15, 0.2) is 39.9 Å². The summed E-state index contributed by atoms with van der Waals surface area (Å²) in [6.07, 6.45) is 3.86. The van der Waals surface area contributed by atoms with Gasteiger partial charge in [0.15, 0.2) is 0 Å². The molecular formula is C21H20F2N6O3. The second-order valence-electron chi connectivity index (χ2n) is 7.68. The lowest BCUT2D eigenvalue weighted by Gasteiger charge is -2.26. The zero-order valence-electron chi connectivity index (χ0n) is 17.0. The number of carbonyl (C=O) groups is 1. The molecule has 4 heterocycles. The largest absolute Gasteiger partial charge is 0.435 e. The highest BCUT2D eigenvalue weighted by atomic mass is 19.3. The maximum Gasteiger partial charge on any atom is 0.387 e. The summed E-state index contributed by atoms with van der Waals surface area (Å²) in [6, 6.07) is 6.23. The van der Waals surface area contributed by atoms with Gasteiger partial charge in [-0.3, -0.25) is 4.79 Å². The number of rotatable bonds is 6. The molecule has 0 saturated carbocycles. The van der Waals surface area contributed by atoms with Crippen molar-refractivity contribution in [2.45, 2.75) is 32.3 Å². The minimum atomic E-state index is -2.87. The van der Waals surface area contributed by atoms with Crippen molar-refractivity contribution in [3.63, 3.8) is 0 Å². The maximum absolute atomic E-state index is 12.3. The van der Waals surface area contributed by atoms with Gasteiger partial charge in [-0.15, -0.1) is 10.2 Å². The third-order valence-corrected chi connectivity index (χ3v) is 5.55. The number of carbonyl (C=O) groups excluding carboxylic acids is 1. The zero-order chi connectivity index (χ0) is 22.1. The number of alkyl halides is 2. The second-order valence-corrected chi connectivity index (χ2v) is 7.68. The highest BCUT2D eigenvalue weighted by molar-refractivity contribution is 6.01. The Balaban J connectivity index is 1.35. The van der Waals surface area contributed by atoms with E-state index in [9.17, 15) is 13.6 Å². The number of halogens is 2. The molecule has 0 spiro atoms. The fourth-order valence-electron chi connectivity index (χ4n) is 4.02. The average Bonchev–Trinajstić information content (AvgIpc) is 3.41. The highest BCUT2D eigenvalue weighted by Gasteiger charge is 2.31. The Hall–Kier alpha value is -3.47. The van der Waals surface area contributed by atoms with E-state index in [0.717, 1.165) is 31.5 Å². The molecule has 1 amide bonds. The number of hydrogen-bond acceptors (Lipinski definition) is 7. The number of hydrogen-bond donors (Lipinski definition) is 1. The van der Waals surface area contributed by atoms with E-state index in [4.69, 9.17) is 4.42 Å². The van der Waals surface area contributed by atoms with Crippen LogP contribution in [0, 0.1) is 5.92 Å². The second kappa shape index (κ2) is 8.58. The molecule has 1 fully saturated rings. The number of benzene rings is 1. The zero-order valence-corrected chi connectivity index (χ0v) is 17.0. The monoisotopic (exact) mass is 442 g/mol. The smallest absolute Gasteiger partial charge is 0.387 e. The van der Waals surface area contributed by atoms with Crippen LogP contribution in [0.2, 0.25) is 0 Å². The van der Waals surface area contributed by atoms with E-state index in [2.05, 4.69) is 30.3 Å². The Kier molecular flexibility index (Phi) is 5.48. The molecule has 0 unspecified atom stereocenters. The van der Waals surface area contributed by atoms with E-state index in [-0.39, 0.29) is 29.9 Å². The molecule has 2 aliphatic heterocycles. The van der Waals surface area contributed by atoms with Crippen LogP contribution in [0.1, 0.15) is 30.0 Å². The number of nitrogens with one attached hydrogen (secondary N) is 1. The van der Waals surface area contributed by atoms with Gasteiger partial charge < -0.3 is 14.5 Å². The van der Waals surface area contributed by atoms with Gasteiger partial charge in [0.25, 0.3) is 11.8 Å². The lowest BCUT2D eigenvalue weighted by molar-refractivity contribution is -0.117. The Morgan fingerprint density at radius 1 is 1.19 bits per heavy atom. The molecule has 5 rings (SSSR count). The lowest BCUT2D eigenvalue weighted by Crippen LogP contribution is -2.38. The number of aromatic nitrogens is 4. The third-order valence-electron chi connectivity index (χ3n) is 5.55.